The number of piperidine rings is 1. The molecule has 5 rings (SSSR count). The van der Waals surface area contributed by atoms with Crippen LogP contribution < -0.4 is 0 Å². The number of aryl methyl sites for hydroxylation is 2. The Hall–Kier alpha value is -2.31. The smallest absolute Gasteiger partial charge is 0.320 e. The van der Waals surface area contributed by atoms with Gasteiger partial charge in [0.2, 0.25) is 0 Å². The van der Waals surface area contributed by atoms with Gasteiger partial charge in [-0.3, -0.25) is 9.69 Å². The van der Waals surface area contributed by atoms with Crippen LogP contribution in [-0.2, 0) is 11.2 Å². The van der Waals surface area contributed by atoms with E-state index in [2.05, 4.69) is 62.5 Å². The quantitative estimate of drug-likeness (QED) is 0.455. The summed E-state index contributed by atoms with van der Waals surface area (Å²) in [6.45, 7) is 7.17. The number of carbonyl (C=O) groups is 1. The summed E-state index contributed by atoms with van der Waals surface area (Å²) in [7, 11) is 0. The fourth-order valence-electron chi connectivity index (χ4n) is 6.79. The standard InChI is InChI=1S/C31H44N4O2/c1-23-13-14-28(33-32-23)12-6-7-24-15-17-34(18-16-24)20-27-21-35(22-29(27)26-10-3-2-4-11-26)30(31(36)37)19-25-8-5-9-25/h2-4,10-11,13-14,24-25,27,29-30H,5-9,12,15-22H2,1H3,(H,36,37)/t27-,29+,30+/m0/s1. The van der Waals surface area contributed by atoms with E-state index in [-0.39, 0.29) is 6.04 Å². The van der Waals surface area contributed by atoms with E-state index in [0.29, 0.717) is 17.8 Å². The van der Waals surface area contributed by atoms with Gasteiger partial charge in [0.05, 0.1) is 11.4 Å². The number of rotatable bonds is 11. The molecule has 3 atom stereocenters. The molecule has 37 heavy (non-hydrogen) atoms. The van der Waals surface area contributed by atoms with E-state index < -0.39 is 5.97 Å². The molecule has 0 unspecified atom stereocenters. The van der Waals surface area contributed by atoms with Crippen molar-refractivity contribution < 1.29 is 9.90 Å². The molecule has 6 heteroatoms. The molecule has 1 aromatic carbocycles. The highest BCUT2D eigenvalue weighted by molar-refractivity contribution is 5.73. The van der Waals surface area contributed by atoms with Gasteiger partial charge in [0.25, 0.3) is 0 Å². The van der Waals surface area contributed by atoms with Crippen molar-refractivity contribution in [2.45, 2.75) is 76.7 Å². The van der Waals surface area contributed by atoms with Gasteiger partial charge < -0.3 is 10.0 Å². The Labute approximate surface area is 222 Å². The molecule has 3 heterocycles. The van der Waals surface area contributed by atoms with E-state index >= 15 is 0 Å². The molecule has 3 fully saturated rings. The van der Waals surface area contributed by atoms with E-state index in [9.17, 15) is 9.90 Å². The lowest BCUT2D eigenvalue weighted by Crippen LogP contribution is -2.43. The molecule has 0 bridgehead atoms. The van der Waals surface area contributed by atoms with Crippen molar-refractivity contribution in [2.75, 3.05) is 32.7 Å². The van der Waals surface area contributed by atoms with Crippen LogP contribution in [0, 0.1) is 24.7 Å². The molecule has 0 spiro atoms. The van der Waals surface area contributed by atoms with Gasteiger partial charge in [0, 0.05) is 25.6 Å². The molecule has 3 aliphatic rings. The first-order chi connectivity index (χ1) is 18.0. The number of benzene rings is 1. The van der Waals surface area contributed by atoms with Crippen LogP contribution in [0.3, 0.4) is 0 Å². The molecule has 1 saturated carbocycles. The third-order valence-corrected chi connectivity index (χ3v) is 9.30. The summed E-state index contributed by atoms with van der Waals surface area (Å²) in [5.41, 5.74) is 3.46. The van der Waals surface area contributed by atoms with Crippen molar-refractivity contribution in [3.05, 3.63) is 59.4 Å². The zero-order valence-corrected chi connectivity index (χ0v) is 22.5. The summed E-state index contributed by atoms with van der Waals surface area (Å²) in [6.07, 6.45) is 10.5. The number of hydrogen-bond donors (Lipinski definition) is 1. The highest BCUT2D eigenvalue weighted by atomic mass is 16.4. The van der Waals surface area contributed by atoms with Crippen LogP contribution in [0.2, 0.25) is 0 Å². The predicted octanol–water partition coefficient (Wildman–Crippen LogP) is 5.18. The van der Waals surface area contributed by atoms with Crippen LogP contribution in [0.4, 0.5) is 0 Å². The Morgan fingerprint density at radius 2 is 1.78 bits per heavy atom. The van der Waals surface area contributed by atoms with E-state index in [1.807, 2.05) is 6.92 Å². The molecule has 200 valence electrons. The van der Waals surface area contributed by atoms with Crippen LogP contribution in [0.5, 0.6) is 0 Å². The van der Waals surface area contributed by atoms with Crippen molar-refractivity contribution in [1.29, 1.82) is 0 Å². The average molecular weight is 505 g/mol. The molecule has 0 amide bonds. The van der Waals surface area contributed by atoms with Gasteiger partial charge in [-0.2, -0.15) is 10.2 Å². The van der Waals surface area contributed by atoms with E-state index in [4.69, 9.17) is 0 Å². The molecule has 1 aromatic heterocycles. The minimum absolute atomic E-state index is 0.328. The molecule has 6 nitrogen and oxygen atoms in total. The normalized spacial score (nSPS) is 24.7. The number of aliphatic carboxylic acids is 1. The molecular formula is C31H44N4O2. The molecule has 2 aromatic rings. The Kier molecular flexibility index (Phi) is 8.88. The molecular weight excluding hydrogens is 460 g/mol. The lowest BCUT2D eigenvalue weighted by molar-refractivity contribution is -0.144. The fraction of sp³-hybridized carbons (Fsp3) is 0.645. The maximum atomic E-state index is 12.3. The first-order valence-electron chi connectivity index (χ1n) is 14.6. The van der Waals surface area contributed by atoms with Gasteiger partial charge in [-0.05, 0) is 94.0 Å². The monoisotopic (exact) mass is 504 g/mol. The Bertz CT molecular complexity index is 986. The van der Waals surface area contributed by atoms with Gasteiger partial charge in [0.1, 0.15) is 6.04 Å². The first-order valence-corrected chi connectivity index (χ1v) is 14.6. The van der Waals surface area contributed by atoms with Gasteiger partial charge in [-0.1, -0.05) is 49.6 Å². The summed E-state index contributed by atoms with van der Waals surface area (Å²) in [5, 5.41) is 18.6. The Balaban J connectivity index is 1.14. The van der Waals surface area contributed by atoms with Crippen LogP contribution in [0.1, 0.15) is 74.2 Å². The minimum atomic E-state index is -0.628. The van der Waals surface area contributed by atoms with Crippen molar-refractivity contribution in [3.8, 4) is 0 Å². The summed E-state index contributed by atoms with van der Waals surface area (Å²) < 4.78 is 0. The fourth-order valence-corrected chi connectivity index (χ4v) is 6.79. The SMILES string of the molecule is Cc1ccc(CCCC2CCN(C[C@H]3CN([C@H](CC4CCC4)C(=O)O)C[C@@H]3c3ccccc3)CC2)nn1. The topological polar surface area (TPSA) is 69.6 Å². The highest BCUT2D eigenvalue weighted by Gasteiger charge is 2.41. The number of carboxylic acid groups (broad SMARTS) is 1. The van der Waals surface area contributed by atoms with Crippen molar-refractivity contribution in [1.82, 2.24) is 20.0 Å². The minimum Gasteiger partial charge on any atom is -0.480 e. The maximum absolute atomic E-state index is 12.3. The lowest BCUT2D eigenvalue weighted by Gasteiger charge is -2.35. The van der Waals surface area contributed by atoms with Gasteiger partial charge in [-0.15, -0.1) is 0 Å². The number of hydrogen-bond acceptors (Lipinski definition) is 5. The first kappa shape index (κ1) is 26.3. The van der Waals surface area contributed by atoms with Gasteiger partial charge >= 0.3 is 5.97 Å². The summed E-state index contributed by atoms with van der Waals surface area (Å²) in [5.74, 6) is 1.68. The van der Waals surface area contributed by atoms with Crippen molar-refractivity contribution >= 4 is 5.97 Å². The second-order valence-electron chi connectivity index (χ2n) is 11.9. The summed E-state index contributed by atoms with van der Waals surface area (Å²) in [6, 6.07) is 14.7. The molecule has 0 radical (unpaired) electrons. The molecule has 1 N–H and O–H groups in total. The highest BCUT2D eigenvalue weighted by Crippen LogP contribution is 2.38. The second kappa shape index (κ2) is 12.5. The van der Waals surface area contributed by atoms with Crippen LogP contribution in [-0.4, -0.2) is 69.8 Å². The lowest BCUT2D eigenvalue weighted by atomic mass is 9.80. The van der Waals surface area contributed by atoms with Crippen molar-refractivity contribution in [3.63, 3.8) is 0 Å². The molecule has 2 aliphatic heterocycles. The molecule has 1 aliphatic carbocycles. The number of nitrogens with zero attached hydrogens (tertiary/aromatic N) is 4. The van der Waals surface area contributed by atoms with E-state index in [0.717, 1.165) is 62.9 Å². The zero-order chi connectivity index (χ0) is 25.6. The van der Waals surface area contributed by atoms with E-state index in [1.54, 1.807) is 0 Å². The molecule has 2 saturated heterocycles. The van der Waals surface area contributed by atoms with Crippen LogP contribution >= 0.6 is 0 Å². The van der Waals surface area contributed by atoms with Crippen molar-refractivity contribution in [2.24, 2.45) is 17.8 Å². The zero-order valence-electron chi connectivity index (χ0n) is 22.5. The largest absolute Gasteiger partial charge is 0.480 e. The van der Waals surface area contributed by atoms with Crippen LogP contribution in [0.15, 0.2) is 42.5 Å². The third kappa shape index (κ3) is 6.97. The summed E-state index contributed by atoms with van der Waals surface area (Å²) >= 11 is 0. The Morgan fingerprint density at radius 1 is 1.00 bits per heavy atom. The third-order valence-electron chi connectivity index (χ3n) is 9.30. The maximum Gasteiger partial charge on any atom is 0.320 e. The number of likely N-dealkylation sites (tertiary alicyclic amines) is 2. The Morgan fingerprint density at radius 3 is 2.43 bits per heavy atom. The number of aromatic nitrogens is 2. The van der Waals surface area contributed by atoms with Gasteiger partial charge in [-0.25, -0.2) is 0 Å². The van der Waals surface area contributed by atoms with E-state index in [1.165, 1.54) is 50.5 Å². The second-order valence-corrected chi connectivity index (χ2v) is 11.9. The summed E-state index contributed by atoms with van der Waals surface area (Å²) in [4.78, 5) is 17.2. The average Bonchev–Trinajstić information content (AvgIpc) is 3.29. The van der Waals surface area contributed by atoms with Crippen LogP contribution in [0.25, 0.3) is 0 Å². The number of carboxylic acids is 1. The van der Waals surface area contributed by atoms with Gasteiger partial charge in [0.15, 0.2) is 0 Å². The predicted molar refractivity (Wildman–Crippen MR) is 146 cm³/mol.